The number of carbonyl (C=O) groups excluding carboxylic acids is 1. The van der Waals surface area contributed by atoms with Gasteiger partial charge in [0.05, 0.1) is 18.5 Å². The first-order valence-corrected chi connectivity index (χ1v) is 8.90. The van der Waals surface area contributed by atoms with E-state index >= 15 is 0 Å². The van der Waals surface area contributed by atoms with Crippen LogP contribution in [0, 0.1) is 0 Å². The third-order valence-corrected chi connectivity index (χ3v) is 5.05. The minimum Gasteiger partial charge on any atom is -0.486 e. The first-order chi connectivity index (χ1) is 12.2. The number of hydrogen-bond acceptors (Lipinski definition) is 4. The first kappa shape index (κ1) is 16.0. The molecule has 0 saturated carbocycles. The fourth-order valence-corrected chi connectivity index (χ4v) is 3.66. The van der Waals surface area contributed by atoms with E-state index in [9.17, 15) is 4.79 Å². The fourth-order valence-electron chi connectivity index (χ4n) is 3.66. The van der Waals surface area contributed by atoms with Crippen LogP contribution in [0.15, 0.2) is 36.7 Å². The van der Waals surface area contributed by atoms with Crippen molar-refractivity contribution in [2.45, 2.75) is 38.3 Å². The molecule has 25 heavy (non-hydrogen) atoms. The number of amides is 1. The zero-order valence-corrected chi connectivity index (χ0v) is 14.4. The van der Waals surface area contributed by atoms with E-state index in [2.05, 4.69) is 5.10 Å². The molecule has 6 heteroatoms. The Morgan fingerprint density at radius 3 is 2.96 bits per heavy atom. The summed E-state index contributed by atoms with van der Waals surface area (Å²) in [4.78, 5) is 15.1. The van der Waals surface area contributed by atoms with Gasteiger partial charge in [0.1, 0.15) is 13.2 Å². The van der Waals surface area contributed by atoms with E-state index in [0.29, 0.717) is 13.2 Å². The van der Waals surface area contributed by atoms with Gasteiger partial charge >= 0.3 is 0 Å². The molecule has 3 heterocycles. The molecule has 2 aliphatic rings. The van der Waals surface area contributed by atoms with E-state index in [4.69, 9.17) is 9.47 Å². The summed E-state index contributed by atoms with van der Waals surface area (Å²) in [5.74, 6) is 1.46. The number of hydrogen-bond donors (Lipinski definition) is 0. The lowest BCUT2D eigenvalue weighted by Crippen LogP contribution is -2.40. The molecule has 1 fully saturated rings. The van der Waals surface area contributed by atoms with Crippen molar-refractivity contribution in [3.8, 4) is 11.5 Å². The van der Waals surface area contributed by atoms with Gasteiger partial charge in [0.2, 0.25) is 5.91 Å². The second kappa shape index (κ2) is 6.78. The lowest BCUT2D eigenvalue weighted by atomic mass is 9.98. The van der Waals surface area contributed by atoms with Crippen LogP contribution >= 0.6 is 0 Å². The molecule has 2 aliphatic heterocycles. The molecule has 2 atom stereocenters. The minimum atomic E-state index is -0.200. The smallest absolute Gasteiger partial charge is 0.230 e. The van der Waals surface area contributed by atoms with Crippen molar-refractivity contribution in [3.05, 3.63) is 42.2 Å². The van der Waals surface area contributed by atoms with Gasteiger partial charge in [-0.1, -0.05) is 6.07 Å². The average Bonchev–Trinajstić information content (AvgIpc) is 3.32. The summed E-state index contributed by atoms with van der Waals surface area (Å²) in [6.07, 6.45) is 5.80. The van der Waals surface area contributed by atoms with Crippen LogP contribution in [0.1, 0.15) is 31.2 Å². The summed E-state index contributed by atoms with van der Waals surface area (Å²) in [5.41, 5.74) is 0.971. The van der Waals surface area contributed by atoms with Crippen LogP contribution in [-0.4, -0.2) is 46.4 Å². The van der Waals surface area contributed by atoms with Crippen LogP contribution < -0.4 is 9.47 Å². The maximum Gasteiger partial charge on any atom is 0.230 e. The molecule has 0 bridgehead atoms. The normalized spacial score (nSPS) is 20.5. The Balaban J connectivity index is 1.49. The molecule has 2 aromatic rings. The molecule has 0 spiro atoms. The van der Waals surface area contributed by atoms with Gasteiger partial charge in [-0.3, -0.25) is 9.48 Å². The Morgan fingerprint density at radius 1 is 1.32 bits per heavy atom. The minimum absolute atomic E-state index is 0.173. The summed E-state index contributed by atoms with van der Waals surface area (Å²) >= 11 is 0. The third kappa shape index (κ3) is 3.21. The van der Waals surface area contributed by atoms with Gasteiger partial charge in [-0.15, -0.1) is 0 Å². The molecule has 1 saturated heterocycles. The van der Waals surface area contributed by atoms with Crippen molar-refractivity contribution < 1.29 is 14.3 Å². The van der Waals surface area contributed by atoms with Crippen LogP contribution in [0.2, 0.25) is 0 Å². The quantitative estimate of drug-likeness (QED) is 0.857. The van der Waals surface area contributed by atoms with Crippen LogP contribution in [0.25, 0.3) is 0 Å². The van der Waals surface area contributed by atoms with E-state index < -0.39 is 0 Å². The van der Waals surface area contributed by atoms with E-state index in [1.807, 2.05) is 47.0 Å². The second-order valence-electron chi connectivity index (χ2n) is 6.68. The summed E-state index contributed by atoms with van der Waals surface area (Å²) in [6, 6.07) is 7.94. The van der Waals surface area contributed by atoms with E-state index in [-0.39, 0.29) is 17.9 Å². The maximum absolute atomic E-state index is 13.1. The monoisotopic (exact) mass is 341 g/mol. The third-order valence-electron chi connectivity index (χ3n) is 5.05. The number of likely N-dealkylation sites (tertiary alicyclic amines) is 1. The Hall–Kier alpha value is -2.50. The van der Waals surface area contributed by atoms with Crippen LogP contribution in [0.5, 0.6) is 11.5 Å². The Morgan fingerprint density at radius 2 is 2.16 bits per heavy atom. The lowest BCUT2D eigenvalue weighted by Gasteiger charge is -2.28. The van der Waals surface area contributed by atoms with Gasteiger partial charge in [0.25, 0.3) is 0 Å². The number of carbonyl (C=O) groups is 1. The van der Waals surface area contributed by atoms with Crippen molar-refractivity contribution >= 4 is 5.91 Å². The van der Waals surface area contributed by atoms with Gasteiger partial charge in [-0.2, -0.15) is 5.10 Å². The van der Waals surface area contributed by atoms with Crippen LogP contribution in [0.4, 0.5) is 0 Å². The maximum atomic E-state index is 13.1. The molecular formula is C19H23N3O3. The highest BCUT2D eigenvalue weighted by atomic mass is 16.6. The highest BCUT2D eigenvalue weighted by Crippen LogP contribution is 2.34. The van der Waals surface area contributed by atoms with Crippen LogP contribution in [0.3, 0.4) is 0 Å². The molecule has 6 nitrogen and oxygen atoms in total. The molecular weight excluding hydrogens is 318 g/mol. The molecule has 4 rings (SSSR count). The molecule has 1 amide bonds. The molecule has 132 valence electrons. The van der Waals surface area contributed by atoms with Gasteiger partial charge in [0, 0.05) is 18.9 Å². The highest BCUT2D eigenvalue weighted by molar-refractivity contribution is 5.84. The van der Waals surface area contributed by atoms with Crippen molar-refractivity contribution in [2.24, 2.45) is 0 Å². The van der Waals surface area contributed by atoms with Gasteiger partial charge in [-0.05, 0) is 43.5 Å². The molecule has 0 aliphatic carbocycles. The van der Waals surface area contributed by atoms with Crippen molar-refractivity contribution in [1.82, 2.24) is 14.7 Å². The largest absolute Gasteiger partial charge is 0.486 e. The van der Waals surface area contributed by atoms with Gasteiger partial charge in [-0.25, -0.2) is 0 Å². The summed E-state index contributed by atoms with van der Waals surface area (Å²) in [5, 5.41) is 4.27. The predicted octanol–water partition coefficient (Wildman–Crippen LogP) is 2.45. The second-order valence-corrected chi connectivity index (χ2v) is 6.68. The van der Waals surface area contributed by atoms with Crippen molar-refractivity contribution in [2.75, 3.05) is 19.8 Å². The predicted molar refractivity (Wildman–Crippen MR) is 92.8 cm³/mol. The SMILES string of the molecule is C[C@H](C(=O)N1CCC[C@H]1Cn1cccn1)c1ccc2c(c1)OCCO2. The number of ether oxygens (including phenoxy) is 2. The first-order valence-electron chi connectivity index (χ1n) is 8.90. The molecule has 1 aromatic carbocycles. The number of benzene rings is 1. The molecule has 0 N–H and O–H groups in total. The molecule has 0 radical (unpaired) electrons. The Bertz CT molecular complexity index is 744. The van der Waals surface area contributed by atoms with Gasteiger partial charge < -0.3 is 14.4 Å². The summed E-state index contributed by atoms with van der Waals surface area (Å²) in [7, 11) is 0. The number of fused-ring (bicyclic) bond motifs is 1. The summed E-state index contributed by atoms with van der Waals surface area (Å²) in [6.45, 7) is 4.67. The fraction of sp³-hybridized carbons (Fsp3) is 0.474. The topological polar surface area (TPSA) is 56.6 Å². The van der Waals surface area contributed by atoms with E-state index in [1.165, 1.54) is 0 Å². The van der Waals surface area contributed by atoms with Crippen LogP contribution in [-0.2, 0) is 11.3 Å². The number of rotatable bonds is 4. The van der Waals surface area contributed by atoms with Crippen molar-refractivity contribution in [1.29, 1.82) is 0 Å². The van der Waals surface area contributed by atoms with Gasteiger partial charge in [0.15, 0.2) is 11.5 Å². The molecule has 0 unspecified atom stereocenters. The van der Waals surface area contributed by atoms with E-state index in [1.54, 1.807) is 6.20 Å². The number of nitrogens with zero attached hydrogens (tertiary/aromatic N) is 3. The van der Waals surface area contributed by atoms with Crippen molar-refractivity contribution in [3.63, 3.8) is 0 Å². The highest BCUT2D eigenvalue weighted by Gasteiger charge is 2.32. The number of aromatic nitrogens is 2. The van der Waals surface area contributed by atoms with E-state index in [0.717, 1.165) is 43.0 Å². The average molecular weight is 341 g/mol. The Labute approximate surface area is 147 Å². The zero-order valence-electron chi connectivity index (χ0n) is 14.4. The zero-order chi connectivity index (χ0) is 17.2. The summed E-state index contributed by atoms with van der Waals surface area (Å²) < 4.78 is 13.1. The lowest BCUT2D eigenvalue weighted by molar-refractivity contribution is -0.133. The molecule has 1 aromatic heterocycles. The Kier molecular flexibility index (Phi) is 4.34. The standard InChI is InChI=1S/C19H23N3O3/c1-14(15-5-6-17-18(12-15)25-11-10-24-17)19(23)22-9-2-4-16(22)13-21-8-3-7-20-21/h3,5-8,12,14,16H,2,4,9-11,13H2,1H3/t14-,16-/m0/s1.